The Balaban J connectivity index is 1.28. The number of aryl methyl sites for hydroxylation is 8. The maximum Gasteiger partial charge on any atom is 0.416 e. The highest BCUT2D eigenvalue weighted by Gasteiger charge is 2.34. The van der Waals surface area contributed by atoms with Gasteiger partial charge in [0.05, 0.1) is 45.6 Å². The summed E-state index contributed by atoms with van der Waals surface area (Å²) in [5, 5.41) is 4.00. The van der Waals surface area contributed by atoms with Gasteiger partial charge in [-0.05, 0) is 153 Å². The number of benzene rings is 10. The average molecular weight is 994 g/mol. The molecule has 12 rings (SSSR count). The Morgan fingerprint density at radius 3 is 0.934 bits per heavy atom. The second kappa shape index (κ2) is 18.2. The minimum absolute atomic E-state index is 0.0575. The number of rotatable bonds is 7. The Kier molecular flexibility index (Phi) is 11.5. The topological polar surface area (TPSA) is 14.2 Å². The molecule has 0 N–H and O–H groups in total. The summed E-state index contributed by atoms with van der Waals surface area (Å²) in [6.07, 6.45) is -4.69. The lowest BCUT2D eigenvalue weighted by Crippen LogP contribution is -2.08. The molecule has 12 aromatic rings. The number of halogens is 3. The lowest BCUT2D eigenvalue weighted by atomic mass is 9.96. The molecule has 0 aliphatic heterocycles. The molecule has 0 saturated carbocycles. The minimum atomic E-state index is -4.69. The van der Waals surface area contributed by atoms with Gasteiger partial charge in [0.25, 0.3) is 0 Å². The molecule has 2 aromatic heterocycles. The zero-order valence-corrected chi connectivity index (χ0v) is 43.8. The highest BCUT2D eigenvalue weighted by atomic mass is 19.4. The van der Waals surface area contributed by atoms with Gasteiger partial charge < -0.3 is 9.13 Å². The third-order valence-corrected chi connectivity index (χ3v) is 15.0. The van der Waals surface area contributed by atoms with Crippen LogP contribution in [-0.2, 0) is 6.18 Å². The quantitative estimate of drug-likeness (QED) is 0.141. The molecule has 76 heavy (non-hydrogen) atoms. The van der Waals surface area contributed by atoms with Crippen LogP contribution in [0.3, 0.4) is 0 Å². The first kappa shape index (κ1) is 48.0. The van der Waals surface area contributed by atoms with Crippen LogP contribution in [-0.4, -0.2) is 9.13 Å². The molecule has 0 fully saturated rings. The van der Waals surface area contributed by atoms with Crippen molar-refractivity contribution in [2.45, 2.75) is 61.6 Å². The normalized spacial score (nSPS) is 11.9. The highest BCUT2D eigenvalue weighted by molar-refractivity contribution is 6.14. The van der Waals surface area contributed by atoms with E-state index in [2.05, 4.69) is 215 Å². The third-order valence-electron chi connectivity index (χ3n) is 15.0. The fourth-order valence-electron chi connectivity index (χ4n) is 12.0. The van der Waals surface area contributed by atoms with Crippen LogP contribution in [0.2, 0.25) is 0 Å². The molecule has 0 radical (unpaired) electrons. The zero-order valence-electron chi connectivity index (χ0n) is 43.8. The van der Waals surface area contributed by atoms with Crippen LogP contribution in [0.4, 0.5) is 18.9 Å². The molecule has 0 aliphatic rings. The lowest BCUT2D eigenvalue weighted by Gasteiger charge is -2.21. The number of hydrogen-bond acceptors (Lipinski definition) is 0. The molecule has 0 spiro atoms. The van der Waals surface area contributed by atoms with E-state index in [0.29, 0.717) is 11.4 Å². The van der Waals surface area contributed by atoms with E-state index in [4.69, 9.17) is 6.57 Å². The van der Waals surface area contributed by atoms with Gasteiger partial charge in [-0.1, -0.05) is 184 Å². The van der Waals surface area contributed by atoms with Crippen molar-refractivity contribution in [3.05, 3.63) is 243 Å². The number of nitrogens with zero attached hydrogens (tertiary/aromatic N) is 3. The Bertz CT molecular complexity index is 4140. The SMILES string of the molecule is [C-]#[N+]c1cc(-n2c3cc(-c4cc(C)cc(C)c4)ccc3c3ccc(-c4cc(C)cc(C)c4)cc32)c(-n2c3cc(-c4cc(C)cc(C)c4)ccc3c3ccc(-c4cc(C)cc(C)c4)cc32)cc1-c1ccccc1C(F)(F)F. The van der Waals surface area contributed by atoms with Crippen molar-refractivity contribution in [1.82, 2.24) is 9.13 Å². The van der Waals surface area contributed by atoms with E-state index in [0.717, 1.165) is 139 Å². The number of hydrogen-bond donors (Lipinski definition) is 0. The third kappa shape index (κ3) is 8.43. The smallest absolute Gasteiger partial charge is 0.308 e. The van der Waals surface area contributed by atoms with E-state index in [-0.39, 0.29) is 16.8 Å². The summed E-state index contributed by atoms with van der Waals surface area (Å²) < 4.78 is 50.4. The van der Waals surface area contributed by atoms with E-state index in [1.54, 1.807) is 6.07 Å². The van der Waals surface area contributed by atoms with Crippen molar-refractivity contribution in [3.8, 4) is 67.0 Å². The van der Waals surface area contributed by atoms with E-state index in [1.807, 2.05) is 12.1 Å². The molecule has 0 atom stereocenters. The fourth-order valence-corrected chi connectivity index (χ4v) is 12.0. The van der Waals surface area contributed by atoms with Crippen LogP contribution in [0, 0.1) is 62.0 Å². The maximum atomic E-state index is 15.3. The number of aromatic nitrogens is 2. The molecule has 0 saturated heterocycles. The second-order valence-corrected chi connectivity index (χ2v) is 21.1. The van der Waals surface area contributed by atoms with Gasteiger partial charge in [-0.15, -0.1) is 0 Å². The van der Waals surface area contributed by atoms with Gasteiger partial charge >= 0.3 is 6.18 Å². The standard InChI is InChI=1S/C70H54F3N3/c1-40-22-41(2)27-52(26-40)48-14-18-57-58-19-15-49(53-28-42(3)23-43(4)29-53)35-65(58)75(64(57)34-48)68-38-61(56-12-10-11-13-62(56)70(71,72)73)63(74-9)39-69(68)76-66-36-50(54-30-44(5)24-45(6)31-54)16-20-59(66)60-21-17-51(37-67(60)76)55-32-46(7)25-47(8)33-55/h10-39H,1-8H3. The van der Waals surface area contributed by atoms with E-state index < -0.39 is 11.7 Å². The van der Waals surface area contributed by atoms with E-state index in [1.165, 1.54) is 12.1 Å². The molecule has 0 unspecified atom stereocenters. The summed E-state index contributed by atoms with van der Waals surface area (Å²) in [6, 6.07) is 61.9. The van der Waals surface area contributed by atoms with Crippen molar-refractivity contribution in [1.29, 1.82) is 0 Å². The second-order valence-electron chi connectivity index (χ2n) is 21.1. The van der Waals surface area contributed by atoms with E-state index >= 15 is 13.2 Å². The van der Waals surface area contributed by atoms with Gasteiger partial charge in [0.15, 0.2) is 5.69 Å². The molecule has 2 heterocycles. The summed E-state index contributed by atoms with van der Waals surface area (Å²) in [5.41, 5.74) is 21.8. The summed E-state index contributed by atoms with van der Waals surface area (Å²) in [4.78, 5) is 4.12. The van der Waals surface area contributed by atoms with Gasteiger partial charge in [-0.25, -0.2) is 4.85 Å². The predicted molar refractivity (Wildman–Crippen MR) is 311 cm³/mol. The lowest BCUT2D eigenvalue weighted by molar-refractivity contribution is -0.137. The van der Waals surface area contributed by atoms with Gasteiger partial charge in [0.1, 0.15) is 0 Å². The zero-order chi connectivity index (χ0) is 52.9. The molecule has 6 heteroatoms. The molecule has 0 bridgehead atoms. The molecule has 370 valence electrons. The Morgan fingerprint density at radius 2 is 0.632 bits per heavy atom. The first-order valence-corrected chi connectivity index (χ1v) is 25.7. The first-order valence-electron chi connectivity index (χ1n) is 25.7. The fraction of sp³-hybridized carbons (Fsp3) is 0.129. The van der Waals surface area contributed by atoms with Crippen LogP contribution in [0.1, 0.15) is 50.1 Å². The van der Waals surface area contributed by atoms with Crippen LogP contribution < -0.4 is 0 Å². The van der Waals surface area contributed by atoms with Crippen LogP contribution in [0.15, 0.2) is 182 Å². The summed E-state index contributed by atoms with van der Waals surface area (Å²) in [6.45, 7) is 25.7. The van der Waals surface area contributed by atoms with Gasteiger partial charge in [-0.2, -0.15) is 13.2 Å². The molecule has 0 aliphatic carbocycles. The monoisotopic (exact) mass is 993 g/mol. The van der Waals surface area contributed by atoms with Crippen molar-refractivity contribution < 1.29 is 13.2 Å². The van der Waals surface area contributed by atoms with Gasteiger partial charge in [-0.3, -0.25) is 0 Å². The Labute approximate surface area is 441 Å². The number of fused-ring (bicyclic) bond motifs is 6. The first-order chi connectivity index (χ1) is 36.5. The molecular formula is C70H54F3N3. The van der Waals surface area contributed by atoms with E-state index in [9.17, 15) is 0 Å². The molecular weight excluding hydrogens is 940 g/mol. The molecule has 10 aromatic carbocycles. The average Bonchev–Trinajstić information content (AvgIpc) is 3.93. The van der Waals surface area contributed by atoms with Gasteiger partial charge in [0.2, 0.25) is 0 Å². The summed E-state index contributed by atoms with van der Waals surface area (Å²) >= 11 is 0. The highest BCUT2D eigenvalue weighted by Crippen LogP contribution is 2.48. The Morgan fingerprint density at radius 1 is 0.329 bits per heavy atom. The van der Waals surface area contributed by atoms with Crippen molar-refractivity contribution >= 4 is 49.3 Å². The summed E-state index contributed by atoms with van der Waals surface area (Å²) in [7, 11) is 0. The van der Waals surface area contributed by atoms with Crippen LogP contribution >= 0.6 is 0 Å². The van der Waals surface area contributed by atoms with Crippen molar-refractivity contribution in [2.24, 2.45) is 0 Å². The molecule has 3 nitrogen and oxygen atoms in total. The Hall–Kier alpha value is -8.92. The minimum Gasteiger partial charge on any atom is -0.308 e. The predicted octanol–water partition coefficient (Wildman–Crippen LogP) is 20.3. The maximum absolute atomic E-state index is 15.3. The van der Waals surface area contributed by atoms with Gasteiger partial charge in [0, 0.05) is 21.5 Å². The van der Waals surface area contributed by atoms with Crippen molar-refractivity contribution in [3.63, 3.8) is 0 Å². The van der Waals surface area contributed by atoms with Crippen molar-refractivity contribution in [2.75, 3.05) is 0 Å². The molecule has 0 amide bonds. The van der Waals surface area contributed by atoms with Crippen LogP contribution in [0.25, 0.3) is 115 Å². The largest absolute Gasteiger partial charge is 0.416 e. The van der Waals surface area contributed by atoms with Crippen LogP contribution in [0.5, 0.6) is 0 Å². The number of alkyl halides is 3. The summed E-state index contributed by atoms with van der Waals surface area (Å²) in [5.74, 6) is 0.